The van der Waals surface area contributed by atoms with Crippen molar-refractivity contribution in [2.24, 2.45) is 16.5 Å². The first-order valence-corrected chi connectivity index (χ1v) is 13.9. The van der Waals surface area contributed by atoms with Gasteiger partial charge in [-0.05, 0) is 57.0 Å². The Balaban J connectivity index is 1.16. The fourth-order valence-electron chi connectivity index (χ4n) is 5.48. The molecule has 6 N–H and O–H groups in total. The second-order valence-electron chi connectivity index (χ2n) is 10.4. The van der Waals surface area contributed by atoms with Crippen LogP contribution in [-0.2, 0) is 0 Å². The lowest BCUT2D eigenvalue weighted by atomic mass is 10.0. The Labute approximate surface area is 228 Å². The highest BCUT2D eigenvalue weighted by atomic mass is 16.5. The number of piperazine rings is 1. The fraction of sp³-hybridized carbons (Fsp3) is 0.556. The van der Waals surface area contributed by atoms with Gasteiger partial charge >= 0.3 is 5.69 Å². The van der Waals surface area contributed by atoms with Crippen LogP contribution in [0.3, 0.4) is 0 Å². The number of ether oxygens (including phenoxy) is 1. The van der Waals surface area contributed by atoms with E-state index in [0.29, 0.717) is 41.5 Å². The molecule has 2 saturated heterocycles. The highest BCUT2D eigenvalue weighted by Gasteiger charge is 2.26. The number of benzene rings is 1. The molecule has 12 nitrogen and oxygen atoms in total. The molecule has 0 atom stereocenters. The molecule has 3 aliphatic rings. The molecule has 2 aromatic rings. The SMILES string of the molecule is NC(N)=NCCCN1CCC(n2cc3c(nc2=O)Nc2cc(C(=O)CCCN4CCNCC4)ccc2O3)CC1. The van der Waals surface area contributed by atoms with Crippen LogP contribution in [0.4, 0.5) is 11.5 Å². The Hall–Kier alpha value is -3.48. The highest BCUT2D eigenvalue weighted by molar-refractivity contribution is 5.97. The van der Waals surface area contributed by atoms with Crippen molar-refractivity contribution in [3.8, 4) is 11.5 Å². The van der Waals surface area contributed by atoms with Crippen molar-refractivity contribution in [1.29, 1.82) is 0 Å². The first-order valence-electron chi connectivity index (χ1n) is 13.9. The second kappa shape index (κ2) is 12.6. The van der Waals surface area contributed by atoms with Gasteiger partial charge in [0.1, 0.15) is 0 Å². The molecule has 12 heteroatoms. The number of Topliss-reactive ketones (excluding diaryl/α,β-unsaturated/α-hetero) is 1. The van der Waals surface area contributed by atoms with Crippen molar-refractivity contribution < 1.29 is 9.53 Å². The lowest BCUT2D eigenvalue weighted by Gasteiger charge is -2.33. The van der Waals surface area contributed by atoms with Crippen molar-refractivity contribution >= 4 is 23.2 Å². The number of aliphatic imine (C=N–C) groups is 1. The number of piperidine rings is 1. The lowest BCUT2D eigenvalue weighted by molar-refractivity contribution is 0.0973. The van der Waals surface area contributed by atoms with E-state index in [0.717, 1.165) is 78.0 Å². The smallest absolute Gasteiger partial charge is 0.350 e. The molecule has 3 aliphatic heterocycles. The minimum Gasteiger partial charge on any atom is -0.450 e. The van der Waals surface area contributed by atoms with Crippen molar-refractivity contribution in [3.05, 3.63) is 40.4 Å². The zero-order valence-electron chi connectivity index (χ0n) is 22.4. The van der Waals surface area contributed by atoms with E-state index < -0.39 is 0 Å². The normalized spacial score (nSPS) is 17.9. The summed E-state index contributed by atoms with van der Waals surface area (Å²) in [6.45, 7) is 8.34. The number of likely N-dealkylation sites (tertiary alicyclic amines) is 1. The number of anilines is 2. The third kappa shape index (κ3) is 6.94. The number of nitrogens with zero attached hydrogens (tertiary/aromatic N) is 5. The zero-order valence-corrected chi connectivity index (χ0v) is 22.4. The molecule has 210 valence electrons. The molecule has 0 radical (unpaired) electrons. The van der Waals surface area contributed by atoms with Crippen LogP contribution in [0.25, 0.3) is 0 Å². The first-order chi connectivity index (χ1) is 19.0. The van der Waals surface area contributed by atoms with E-state index in [9.17, 15) is 9.59 Å². The predicted octanol–water partition coefficient (Wildman–Crippen LogP) is 1.26. The summed E-state index contributed by atoms with van der Waals surface area (Å²) in [5.41, 5.74) is 11.7. The lowest BCUT2D eigenvalue weighted by Crippen LogP contribution is -2.43. The van der Waals surface area contributed by atoms with Gasteiger partial charge in [-0.1, -0.05) is 0 Å². The van der Waals surface area contributed by atoms with Crippen LogP contribution in [0.15, 0.2) is 34.2 Å². The van der Waals surface area contributed by atoms with Gasteiger partial charge in [0.05, 0.1) is 11.9 Å². The first kappa shape index (κ1) is 27.1. The quantitative estimate of drug-likeness (QED) is 0.128. The molecule has 5 rings (SSSR count). The summed E-state index contributed by atoms with van der Waals surface area (Å²) in [6.07, 6.45) is 5.69. The van der Waals surface area contributed by atoms with E-state index in [1.807, 2.05) is 12.1 Å². The second-order valence-corrected chi connectivity index (χ2v) is 10.4. The largest absolute Gasteiger partial charge is 0.450 e. The van der Waals surface area contributed by atoms with Gasteiger partial charge in [-0.2, -0.15) is 4.98 Å². The van der Waals surface area contributed by atoms with Crippen LogP contribution in [0.5, 0.6) is 11.5 Å². The van der Waals surface area contributed by atoms with E-state index >= 15 is 0 Å². The van der Waals surface area contributed by atoms with Gasteiger partial charge in [0.25, 0.3) is 0 Å². The highest BCUT2D eigenvalue weighted by Crippen LogP contribution is 2.41. The molecular weight excluding hydrogens is 498 g/mol. The zero-order chi connectivity index (χ0) is 27.2. The summed E-state index contributed by atoms with van der Waals surface area (Å²) >= 11 is 0. The van der Waals surface area contributed by atoms with Gasteiger partial charge in [0.2, 0.25) is 0 Å². The van der Waals surface area contributed by atoms with Crippen LogP contribution < -0.4 is 32.5 Å². The van der Waals surface area contributed by atoms with E-state index in [1.165, 1.54) is 0 Å². The topological polar surface area (TPSA) is 156 Å². The number of carbonyl (C=O) groups is 1. The van der Waals surface area contributed by atoms with Crippen LogP contribution in [0.1, 0.15) is 48.5 Å². The van der Waals surface area contributed by atoms with Gasteiger partial charge in [-0.3, -0.25) is 14.4 Å². The number of carbonyl (C=O) groups excluding carboxylic acids is 1. The number of nitrogens with one attached hydrogen (secondary N) is 2. The van der Waals surface area contributed by atoms with Crippen LogP contribution in [0.2, 0.25) is 0 Å². The molecular formula is C27H39N9O3. The Kier molecular flexibility index (Phi) is 8.74. The van der Waals surface area contributed by atoms with Gasteiger partial charge in [-0.25, -0.2) is 4.79 Å². The summed E-state index contributed by atoms with van der Waals surface area (Å²) in [4.78, 5) is 38.8. The van der Waals surface area contributed by atoms with Crippen molar-refractivity contribution in [2.45, 2.75) is 38.1 Å². The number of hydrogen-bond acceptors (Lipinski definition) is 9. The van der Waals surface area contributed by atoms with Crippen LogP contribution in [0, 0.1) is 0 Å². The summed E-state index contributed by atoms with van der Waals surface area (Å²) in [5.74, 6) is 1.73. The molecule has 0 aliphatic carbocycles. The Morgan fingerprint density at radius 1 is 1.05 bits per heavy atom. The molecule has 4 heterocycles. The Morgan fingerprint density at radius 2 is 1.79 bits per heavy atom. The molecule has 39 heavy (non-hydrogen) atoms. The fourth-order valence-corrected chi connectivity index (χ4v) is 5.48. The number of hydrogen-bond donors (Lipinski definition) is 4. The molecule has 2 fully saturated rings. The van der Waals surface area contributed by atoms with E-state index in [-0.39, 0.29) is 23.5 Å². The predicted molar refractivity (Wildman–Crippen MR) is 151 cm³/mol. The summed E-state index contributed by atoms with van der Waals surface area (Å²) in [6, 6.07) is 5.48. The third-order valence-electron chi connectivity index (χ3n) is 7.66. The number of guanidine groups is 1. The molecule has 0 spiro atoms. The number of fused-ring (bicyclic) bond motifs is 2. The van der Waals surface area contributed by atoms with Gasteiger partial charge in [-0.15, -0.1) is 0 Å². The third-order valence-corrected chi connectivity index (χ3v) is 7.66. The van der Waals surface area contributed by atoms with Crippen LogP contribution >= 0.6 is 0 Å². The molecule has 0 amide bonds. The molecule has 1 aromatic heterocycles. The van der Waals surface area contributed by atoms with Gasteiger partial charge in [0.15, 0.2) is 29.1 Å². The van der Waals surface area contributed by atoms with E-state index in [1.54, 1.807) is 16.8 Å². The number of aromatic nitrogens is 2. The molecule has 0 bridgehead atoms. The van der Waals surface area contributed by atoms with Crippen molar-refractivity contribution in [3.63, 3.8) is 0 Å². The summed E-state index contributed by atoms with van der Waals surface area (Å²) in [5, 5.41) is 6.55. The molecule has 1 aromatic carbocycles. The van der Waals surface area contributed by atoms with Crippen molar-refractivity contribution in [2.75, 3.05) is 64.2 Å². The maximum atomic E-state index is 12.9. The van der Waals surface area contributed by atoms with Gasteiger partial charge < -0.3 is 36.6 Å². The monoisotopic (exact) mass is 537 g/mol. The van der Waals surface area contributed by atoms with Crippen molar-refractivity contribution in [1.82, 2.24) is 24.7 Å². The average Bonchev–Trinajstić information content (AvgIpc) is 2.94. The molecule has 0 unspecified atom stereocenters. The average molecular weight is 538 g/mol. The van der Waals surface area contributed by atoms with E-state index in [2.05, 4.69) is 30.4 Å². The van der Waals surface area contributed by atoms with E-state index in [4.69, 9.17) is 16.2 Å². The Morgan fingerprint density at radius 3 is 2.56 bits per heavy atom. The maximum absolute atomic E-state index is 12.9. The number of rotatable bonds is 10. The summed E-state index contributed by atoms with van der Waals surface area (Å²) in [7, 11) is 0. The summed E-state index contributed by atoms with van der Waals surface area (Å²) < 4.78 is 7.81. The number of nitrogens with two attached hydrogens (primary N) is 2. The molecule has 0 saturated carbocycles. The minimum atomic E-state index is -0.306. The standard InChI is InChI=1S/C27H39N9O3/c28-26(29)31-8-2-12-34-13-6-20(7-14-34)36-18-24-25(33-27(36)38)32-21-17-19(4-5-23(21)39-24)22(37)3-1-11-35-15-9-30-10-16-35/h4-5,17-18,20,30H,1-3,6-16H2,(H4,28,29,31)(H,32,33,38). The van der Waals surface area contributed by atoms with Crippen LogP contribution in [-0.4, -0.2) is 90.0 Å². The Bertz CT molecular complexity index is 1240. The van der Waals surface area contributed by atoms with Gasteiger partial charge in [0, 0.05) is 63.8 Å². The minimum absolute atomic E-state index is 0.0652. The maximum Gasteiger partial charge on any atom is 0.350 e. The number of ketones is 1.